The Hall–Kier alpha value is -3.61. The van der Waals surface area contributed by atoms with Crippen LogP contribution in [0.3, 0.4) is 0 Å². The minimum atomic E-state index is -0.907. The Balaban J connectivity index is 1.39. The standard InChI is InChI=1S/C27H30N2O5/c1-2-3-14-24(25(30)28-23-15-8-13-21(23)26(31)32)29-27(33)34-16-22-19-11-6-4-9-17(19)18-10-5-7-12-20(18)22/h2,4-7,9-12,21-24H,1,3,8,13-16H2,(H,28,30)(H,29,33)(H,31,32). The second kappa shape index (κ2) is 10.5. The molecule has 34 heavy (non-hydrogen) atoms. The molecule has 178 valence electrons. The predicted octanol–water partition coefficient (Wildman–Crippen LogP) is 4.23. The van der Waals surface area contributed by atoms with Crippen molar-refractivity contribution in [1.82, 2.24) is 10.6 Å². The van der Waals surface area contributed by atoms with Crippen LogP contribution in [0.15, 0.2) is 61.2 Å². The van der Waals surface area contributed by atoms with Crippen LogP contribution < -0.4 is 10.6 Å². The van der Waals surface area contributed by atoms with Crippen molar-refractivity contribution in [2.45, 2.75) is 50.1 Å². The maximum absolute atomic E-state index is 12.9. The second-order valence-corrected chi connectivity index (χ2v) is 8.88. The van der Waals surface area contributed by atoms with E-state index in [1.807, 2.05) is 36.4 Å². The summed E-state index contributed by atoms with van der Waals surface area (Å²) in [5.41, 5.74) is 4.50. The summed E-state index contributed by atoms with van der Waals surface area (Å²) in [6, 6.07) is 14.9. The van der Waals surface area contributed by atoms with Crippen molar-refractivity contribution in [3.8, 4) is 11.1 Å². The molecule has 1 fully saturated rings. The largest absolute Gasteiger partial charge is 0.481 e. The number of fused-ring (bicyclic) bond motifs is 3. The van der Waals surface area contributed by atoms with Gasteiger partial charge in [-0.25, -0.2) is 4.79 Å². The highest BCUT2D eigenvalue weighted by Gasteiger charge is 2.35. The Morgan fingerprint density at radius 3 is 2.32 bits per heavy atom. The normalized spacial score (nSPS) is 19.5. The van der Waals surface area contributed by atoms with E-state index in [9.17, 15) is 19.5 Å². The van der Waals surface area contributed by atoms with E-state index < -0.39 is 36.0 Å². The number of hydrogen-bond acceptors (Lipinski definition) is 4. The van der Waals surface area contributed by atoms with Crippen molar-refractivity contribution in [2.24, 2.45) is 5.92 Å². The molecule has 3 atom stereocenters. The summed E-state index contributed by atoms with van der Waals surface area (Å²) in [5, 5.41) is 14.9. The van der Waals surface area contributed by atoms with Crippen LogP contribution in [-0.4, -0.2) is 41.8 Å². The molecular weight excluding hydrogens is 432 g/mol. The summed E-state index contributed by atoms with van der Waals surface area (Å²) >= 11 is 0. The van der Waals surface area contributed by atoms with Gasteiger partial charge in [-0.05, 0) is 47.9 Å². The molecule has 1 saturated carbocycles. The number of carboxylic acids is 1. The van der Waals surface area contributed by atoms with Gasteiger partial charge in [0.2, 0.25) is 5.91 Å². The van der Waals surface area contributed by atoms with Gasteiger partial charge < -0.3 is 20.5 Å². The maximum Gasteiger partial charge on any atom is 0.407 e. The zero-order valence-electron chi connectivity index (χ0n) is 19.0. The van der Waals surface area contributed by atoms with E-state index in [1.54, 1.807) is 6.08 Å². The van der Waals surface area contributed by atoms with E-state index in [0.29, 0.717) is 25.7 Å². The Labute approximate surface area is 199 Å². The number of aliphatic carboxylic acids is 1. The highest BCUT2D eigenvalue weighted by atomic mass is 16.5. The van der Waals surface area contributed by atoms with Crippen molar-refractivity contribution < 1.29 is 24.2 Å². The van der Waals surface area contributed by atoms with Crippen LogP contribution in [0.2, 0.25) is 0 Å². The minimum Gasteiger partial charge on any atom is -0.481 e. The van der Waals surface area contributed by atoms with Crippen molar-refractivity contribution in [1.29, 1.82) is 0 Å². The molecule has 7 nitrogen and oxygen atoms in total. The first-order chi connectivity index (χ1) is 16.5. The molecule has 0 saturated heterocycles. The van der Waals surface area contributed by atoms with Gasteiger partial charge >= 0.3 is 12.1 Å². The minimum absolute atomic E-state index is 0.0755. The zero-order valence-corrected chi connectivity index (χ0v) is 19.0. The van der Waals surface area contributed by atoms with Crippen molar-refractivity contribution in [3.05, 3.63) is 72.3 Å². The second-order valence-electron chi connectivity index (χ2n) is 8.88. The van der Waals surface area contributed by atoms with Crippen LogP contribution >= 0.6 is 0 Å². The number of ether oxygens (including phenoxy) is 1. The highest BCUT2D eigenvalue weighted by molar-refractivity contribution is 5.86. The third-order valence-corrected chi connectivity index (χ3v) is 6.77. The van der Waals surface area contributed by atoms with E-state index in [2.05, 4.69) is 29.3 Å². The number of carbonyl (C=O) groups excluding carboxylic acids is 2. The molecule has 3 unspecified atom stereocenters. The summed E-state index contributed by atoms with van der Waals surface area (Å²) < 4.78 is 5.58. The molecule has 4 rings (SSSR count). The van der Waals surface area contributed by atoms with Gasteiger partial charge in [0.25, 0.3) is 0 Å². The summed E-state index contributed by atoms with van der Waals surface area (Å²) in [6.45, 7) is 3.84. The van der Waals surface area contributed by atoms with E-state index in [1.165, 1.54) is 0 Å². The smallest absolute Gasteiger partial charge is 0.407 e. The lowest BCUT2D eigenvalue weighted by Crippen LogP contribution is -2.51. The number of allylic oxidation sites excluding steroid dienone is 1. The fourth-order valence-electron chi connectivity index (χ4n) is 5.05. The molecule has 0 aliphatic heterocycles. The lowest BCUT2D eigenvalue weighted by Gasteiger charge is -2.23. The fourth-order valence-corrected chi connectivity index (χ4v) is 5.05. The van der Waals surface area contributed by atoms with Gasteiger partial charge in [0, 0.05) is 12.0 Å². The Morgan fingerprint density at radius 1 is 1.06 bits per heavy atom. The van der Waals surface area contributed by atoms with Gasteiger partial charge in [-0.1, -0.05) is 61.0 Å². The van der Waals surface area contributed by atoms with E-state index in [-0.39, 0.29) is 12.5 Å². The molecule has 0 bridgehead atoms. The third kappa shape index (κ3) is 4.98. The van der Waals surface area contributed by atoms with Crippen LogP contribution in [0.5, 0.6) is 0 Å². The lowest BCUT2D eigenvalue weighted by molar-refractivity contribution is -0.142. The van der Waals surface area contributed by atoms with E-state index >= 15 is 0 Å². The number of amides is 2. The predicted molar refractivity (Wildman–Crippen MR) is 128 cm³/mol. The molecule has 3 N–H and O–H groups in total. The quantitative estimate of drug-likeness (QED) is 0.484. The third-order valence-electron chi connectivity index (χ3n) is 6.77. The fraction of sp³-hybridized carbons (Fsp3) is 0.370. The maximum atomic E-state index is 12.9. The molecule has 0 spiro atoms. The number of rotatable bonds is 9. The molecule has 2 aliphatic rings. The van der Waals surface area contributed by atoms with Gasteiger partial charge in [-0.3, -0.25) is 9.59 Å². The molecule has 0 radical (unpaired) electrons. The average Bonchev–Trinajstić information content (AvgIpc) is 3.43. The van der Waals surface area contributed by atoms with Crippen molar-refractivity contribution in [3.63, 3.8) is 0 Å². The SMILES string of the molecule is C=CCCC(NC(=O)OCC1c2ccccc2-c2ccccc21)C(=O)NC1CCCC1C(=O)O. The Kier molecular flexibility index (Phi) is 7.30. The van der Waals surface area contributed by atoms with Crippen LogP contribution in [0.1, 0.15) is 49.1 Å². The molecule has 2 aromatic carbocycles. The van der Waals surface area contributed by atoms with Crippen LogP contribution in [0.25, 0.3) is 11.1 Å². The number of benzene rings is 2. The molecule has 2 aliphatic carbocycles. The van der Waals surface area contributed by atoms with Crippen molar-refractivity contribution in [2.75, 3.05) is 6.61 Å². The number of carbonyl (C=O) groups is 3. The van der Waals surface area contributed by atoms with Gasteiger partial charge in [0.1, 0.15) is 12.6 Å². The van der Waals surface area contributed by atoms with Crippen LogP contribution in [0, 0.1) is 5.92 Å². The van der Waals surface area contributed by atoms with Gasteiger partial charge in [0.05, 0.1) is 5.92 Å². The summed E-state index contributed by atoms with van der Waals surface area (Å²) in [5.74, 6) is -1.98. The lowest BCUT2D eigenvalue weighted by atomic mass is 9.98. The Bertz CT molecular complexity index is 1040. The molecular formula is C27H30N2O5. The van der Waals surface area contributed by atoms with E-state index in [0.717, 1.165) is 28.7 Å². The molecule has 7 heteroatoms. The van der Waals surface area contributed by atoms with E-state index in [4.69, 9.17) is 4.74 Å². The highest BCUT2D eigenvalue weighted by Crippen LogP contribution is 2.44. The number of alkyl carbamates (subject to hydrolysis) is 1. The first-order valence-corrected chi connectivity index (χ1v) is 11.7. The van der Waals surface area contributed by atoms with Gasteiger partial charge in [0.15, 0.2) is 0 Å². The van der Waals surface area contributed by atoms with Crippen LogP contribution in [-0.2, 0) is 14.3 Å². The van der Waals surface area contributed by atoms with Crippen molar-refractivity contribution >= 4 is 18.0 Å². The molecule has 2 amide bonds. The first-order valence-electron chi connectivity index (χ1n) is 11.7. The first kappa shape index (κ1) is 23.5. The number of hydrogen-bond donors (Lipinski definition) is 3. The summed E-state index contributed by atoms with van der Waals surface area (Å²) in [6.07, 6.45) is 3.78. The Morgan fingerprint density at radius 2 is 1.71 bits per heavy atom. The average molecular weight is 463 g/mol. The molecule has 0 aromatic heterocycles. The summed E-state index contributed by atoms with van der Waals surface area (Å²) in [4.78, 5) is 37.0. The van der Waals surface area contributed by atoms with Gasteiger partial charge in [-0.2, -0.15) is 0 Å². The molecule has 2 aromatic rings. The monoisotopic (exact) mass is 462 g/mol. The van der Waals surface area contributed by atoms with Gasteiger partial charge in [-0.15, -0.1) is 6.58 Å². The van der Waals surface area contributed by atoms with Crippen LogP contribution in [0.4, 0.5) is 4.79 Å². The zero-order chi connectivity index (χ0) is 24.1. The number of carboxylic acid groups (broad SMARTS) is 1. The topological polar surface area (TPSA) is 105 Å². The number of nitrogens with one attached hydrogen (secondary N) is 2. The molecule has 0 heterocycles. The summed E-state index contributed by atoms with van der Waals surface area (Å²) in [7, 11) is 0.